The highest BCUT2D eigenvalue weighted by Crippen LogP contribution is 2.40. The van der Waals surface area contributed by atoms with E-state index >= 15 is 0 Å². The molecule has 2 aromatic rings. The lowest BCUT2D eigenvalue weighted by atomic mass is 10.1. The van der Waals surface area contributed by atoms with Gasteiger partial charge >= 0.3 is 0 Å². The number of carbonyl (C=O) groups is 1. The predicted molar refractivity (Wildman–Crippen MR) is 124 cm³/mol. The number of ketones is 1. The van der Waals surface area contributed by atoms with Crippen LogP contribution in [-0.2, 0) is 0 Å². The van der Waals surface area contributed by atoms with Crippen molar-refractivity contribution in [3.05, 3.63) is 47.2 Å². The number of nitrogens with zero attached hydrogens (tertiary/aromatic N) is 1. The molecule has 1 fully saturated rings. The van der Waals surface area contributed by atoms with Crippen LogP contribution < -0.4 is 23.7 Å². The normalized spacial score (nSPS) is 16.3. The molecule has 32 heavy (non-hydrogen) atoms. The van der Waals surface area contributed by atoms with E-state index in [2.05, 4.69) is 4.90 Å². The SMILES string of the molecule is COc1cc(/C=C2\Oc3cc(OCCN4CCCC4)ccc3C2=O)cc(OC)c1OC.Cl. The van der Waals surface area contributed by atoms with Crippen LogP contribution in [0.2, 0.25) is 0 Å². The smallest absolute Gasteiger partial charge is 0.231 e. The molecule has 0 saturated carbocycles. The molecule has 0 aromatic heterocycles. The number of benzene rings is 2. The third kappa shape index (κ3) is 4.95. The van der Waals surface area contributed by atoms with E-state index in [-0.39, 0.29) is 23.9 Å². The minimum Gasteiger partial charge on any atom is -0.493 e. The second-order valence-corrected chi connectivity index (χ2v) is 7.45. The van der Waals surface area contributed by atoms with Crippen molar-refractivity contribution in [2.75, 3.05) is 47.6 Å². The van der Waals surface area contributed by atoms with Crippen LogP contribution in [0.1, 0.15) is 28.8 Å². The van der Waals surface area contributed by atoms with Gasteiger partial charge in [0.25, 0.3) is 0 Å². The molecule has 4 rings (SSSR count). The van der Waals surface area contributed by atoms with Gasteiger partial charge in [-0.15, -0.1) is 12.4 Å². The Balaban J connectivity index is 0.00000289. The first-order valence-corrected chi connectivity index (χ1v) is 10.4. The van der Waals surface area contributed by atoms with Crippen molar-refractivity contribution >= 4 is 24.3 Å². The summed E-state index contributed by atoms with van der Waals surface area (Å²) in [5.74, 6) is 2.76. The van der Waals surface area contributed by atoms with Gasteiger partial charge in [0.1, 0.15) is 18.1 Å². The van der Waals surface area contributed by atoms with Gasteiger partial charge in [0.15, 0.2) is 17.3 Å². The van der Waals surface area contributed by atoms with Crippen molar-refractivity contribution in [2.45, 2.75) is 12.8 Å². The molecule has 7 nitrogen and oxygen atoms in total. The van der Waals surface area contributed by atoms with E-state index in [1.54, 1.807) is 51.7 Å². The van der Waals surface area contributed by atoms with E-state index in [0.29, 0.717) is 46.5 Å². The van der Waals surface area contributed by atoms with Gasteiger partial charge in [0.05, 0.1) is 26.9 Å². The molecule has 0 atom stereocenters. The van der Waals surface area contributed by atoms with Gasteiger partial charge in [-0.25, -0.2) is 0 Å². The molecule has 2 heterocycles. The third-order valence-electron chi connectivity index (χ3n) is 5.50. The number of ether oxygens (including phenoxy) is 5. The van der Waals surface area contributed by atoms with Crippen molar-refractivity contribution in [3.8, 4) is 28.7 Å². The number of hydrogen-bond acceptors (Lipinski definition) is 7. The van der Waals surface area contributed by atoms with Crippen LogP contribution in [0, 0.1) is 0 Å². The standard InChI is InChI=1S/C24H27NO6.ClH/c1-27-21-13-16(14-22(28-2)24(21)29-3)12-20-23(26)18-7-6-17(15-19(18)31-20)30-11-10-25-8-4-5-9-25;/h6-7,12-15H,4-5,8-11H2,1-3H3;1H/b20-12-;. The van der Waals surface area contributed by atoms with Crippen molar-refractivity contribution in [1.29, 1.82) is 0 Å². The Kier molecular flexibility index (Phi) is 7.88. The van der Waals surface area contributed by atoms with Crippen LogP contribution in [0.25, 0.3) is 6.08 Å². The van der Waals surface area contributed by atoms with Crippen LogP contribution in [-0.4, -0.2) is 58.3 Å². The van der Waals surface area contributed by atoms with E-state index < -0.39 is 0 Å². The zero-order valence-corrected chi connectivity index (χ0v) is 19.3. The number of carbonyl (C=O) groups excluding carboxylic acids is 1. The van der Waals surface area contributed by atoms with Gasteiger partial charge in [-0.1, -0.05) is 0 Å². The van der Waals surface area contributed by atoms with E-state index in [4.69, 9.17) is 23.7 Å². The summed E-state index contributed by atoms with van der Waals surface area (Å²) in [7, 11) is 4.64. The topological polar surface area (TPSA) is 66.5 Å². The lowest BCUT2D eigenvalue weighted by Gasteiger charge is -2.15. The Morgan fingerprint density at radius 2 is 1.69 bits per heavy atom. The van der Waals surface area contributed by atoms with Crippen molar-refractivity contribution in [3.63, 3.8) is 0 Å². The number of fused-ring (bicyclic) bond motifs is 1. The first-order valence-electron chi connectivity index (χ1n) is 10.4. The molecule has 8 heteroatoms. The first-order chi connectivity index (χ1) is 15.1. The molecule has 0 unspecified atom stereocenters. The van der Waals surface area contributed by atoms with Gasteiger partial charge in [0, 0.05) is 12.6 Å². The second kappa shape index (κ2) is 10.6. The van der Waals surface area contributed by atoms with Gasteiger partial charge in [-0.2, -0.15) is 0 Å². The highest BCUT2D eigenvalue weighted by atomic mass is 35.5. The fraction of sp³-hybridized carbons (Fsp3) is 0.375. The summed E-state index contributed by atoms with van der Waals surface area (Å²) in [6.45, 7) is 3.80. The monoisotopic (exact) mass is 461 g/mol. The number of rotatable bonds is 8. The van der Waals surface area contributed by atoms with Crippen LogP contribution in [0.4, 0.5) is 0 Å². The van der Waals surface area contributed by atoms with Gasteiger partial charge in [-0.3, -0.25) is 9.69 Å². The Labute approximate surface area is 194 Å². The molecule has 0 radical (unpaired) electrons. The summed E-state index contributed by atoms with van der Waals surface area (Å²) >= 11 is 0. The molecular formula is C24H28ClNO6. The molecule has 172 valence electrons. The summed E-state index contributed by atoms with van der Waals surface area (Å²) in [6, 6.07) is 8.86. The summed E-state index contributed by atoms with van der Waals surface area (Å²) in [4.78, 5) is 15.2. The number of allylic oxidation sites excluding steroid dienone is 1. The largest absolute Gasteiger partial charge is 0.493 e. The summed E-state index contributed by atoms with van der Waals surface area (Å²) < 4.78 is 27.8. The maximum atomic E-state index is 12.8. The molecule has 2 aliphatic heterocycles. The molecule has 0 spiro atoms. The molecule has 2 aromatic carbocycles. The quantitative estimate of drug-likeness (QED) is 0.545. The fourth-order valence-corrected chi connectivity index (χ4v) is 3.89. The number of methoxy groups -OCH3 is 3. The molecule has 0 bridgehead atoms. The lowest BCUT2D eigenvalue weighted by molar-refractivity contribution is 0.101. The van der Waals surface area contributed by atoms with Crippen LogP contribution in [0.3, 0.4) is 0 Å². The molecule has 2 aliphatic rings. The average Bonchev–Trinajstić information content (AvgIpc) is 3.41. The average molecular weight is 462 g/mol. The molecule has 0 N–H and O–H groups in total. The zero-order valence-electron chi connectivity index (χ0n) is 18.5. The van der Waals surface area contributed by atoms with E-state index in [1.165, 1.54) is 12.8 Å². The minimum absolute atomic E-state index is 0. The van der Waals surface area contributed by atoms with Gasteiger partial charge in [-0.05, 0) is 61.8 Å². The lowest BCUT2D eigenvalue weighted by Crippen LogP contribution is -2.25. The van der Waals surface area contributed by atoms with Crippen LogP contribution in [0.5, 0.6) is 28.7 Å². The van der Waals surface area contributed by atoms with E-state index in [0.717, 1.165) is 19.6 Å². The highest BCUT2D eigenvalue weighted by Gasteiger charge is 2.28. The number of Topliss-reactive ketones (excluding diaryl/α,β-unsaturated/α-hetero) is 1. The first kappa shape index (κ1) is 23.8. The highest BCUT2D eigenvalue weighted by molar-refractivity contribution is 6.14. The molecule has 0 amide bonds. The van der Waals surface area contributed by atoms with Crippen molar-refractivity contribution < 1.29 is 28.5 Å². The summed E-state index contributed by atoms with van der Waals surface area (Å²) in [5, 5.41) is 0. The number of hydrogen-bond donors (Lipinski definition) is 0. The Hall–Kier alpha value is -2.90. The number of likely N-dealkylation sites (tertiary alicyclic amines) is 1. The summed E-state index contributed by atoms with van der Waals surface area (Å²) in [5.41, 5.74) is 1.22. The predicted octanol–water partition coefficient (Wildman–Crippen LogP) is 4.23. The maximum absolute atomic E-state index is 12.8. The number of halogens is 1. The zero-order chi connectivity index (χ0) is 21.8. The maximum Gasteiger partial charge on any atom is 0.231 e. The second-order valence-electron chi connectivity index (χ2n) is 7.45. The van der Waals surface area contributed by atoms with Crippen LogP contribution in [0.15, 0.2) is 36.1 Å². The molecule has 1 saturated heterocycles. The van der Waals surface area contributed by atoms with Crippen molar-refractivity contribution in [1.82, 2.24) is 4.90 Å². The van der Waals surface area contributed by atoms with Crippen LogP contribution >= 0.6 is 12.4 Å². The van der Waals surface area contributed by atoms with E-state index in [1.807, 2.05) is 6.07 Å². The van der Waals surface area contributed by atoms with Crippen molar-refractivity contribution in [2.24, 2.45) is 0 Å². The van der Waals surface area contributed by atoms with E-state index in [9.17, 15) is 4.79 Å². The Morgan fingerprint density at radius 3 is 2.31 bits per heavy atom. The molecular weight excluding hydrogens is 434 g/mol. The van der Waals surface area contributed by atoms with Gasteiger partial charge < -0.3 is 23.7 Å². The van der Waals surface area contributed by atoms with Gasteiger partial charge in [0.2, 0.25) is 11.5 Å². The fourth-order valence-electron chi connectivity index (χ4n) is 3.89. The summed E-state index contributed by atoms with van der Waals surface area (Å²) in [6.07, 6.45) is 4.19. The third-order valence-corrected chi connectivity index (χ3v) is 5.50. The minimum atomic E-state index is -0.174. The Bertz CT molecular complexity index is 975. The Morgan fingerprint density at radius 1 is 1.00 bits per heavy atom. The molecule has 0 aliphatic carbocycles.